The van der Waals surface area contributed by atoms with E-state index < -0.39 is 5.97 Å². The third-order valence-electron chi connectivity index (χ3n) is 2.83. The van der Waals surface area contributed by atoms with Gasteiger partial charge in [0.1, 0.15) is 5.82 Å². The van der Waals surface area contributed by atoms with E-state index in [4.69, 9.17) is 5.11 Å². The van der Waals surface area contributed by atoms with Gasteiger partial charge in [0.05, 0.1) is 16.6 Å². The number of aromatic amines is 1. The molecular formula is C14H9IN2O2. The average Bonchev–Trinajstić information content (AvgIpc) is 2.81. The Morgan fingerprint density at radius 3 is 2.79 bits per heavy atom. The molecule has 0 radical (unpaired) electrons. The van der Waals surface area contributed by atoms with Crippen molar-refractivity contribution >= 4 is 39.6 Å². The number of aromatic nitrogens is 2. The molecule has 0 saturated heterocycles. The van der Waals surface area contributed by atoms with E-state index >= 15 is 0 Å². The molecule has 0 aliphatic heterocycles. The Bertz CT molecular complexity index is 780. The van der Waals surface area contributed by atoms with E-state index in [1.54, 1.807) is 18.2 Å². The molecule has 0 spiro atoms. The van der Waals surface area contributed by atoms with Crippen molar-refractivity contribution in [1.29, 1.82) is 0 Å². The summed E-state index contributed by atoms with van der Waals surface area (Å²) in [5.41, 5.74) is 2.73. The van der Waals surface area contributed by atoms with Crippen LogP contribution in [0, 0.1) is 3.57 Å². The molecule has 2 N–H and O–H groups in total. The van der Waals surface area contributed by atoms with Crippen molar-refractivity contribution < 1.29 is 9.90 Å². The van der Waals surface area contributed by atoms with Gasteiger partial charge in [-0.1, -0.05) is 12.1 Å². The van der Waals surface area contributed by atoms with Crippen molar-refractivity contribution in [2.45, 2.75) is 0 Å². The number of nitrogens with one attached hydrogen (secondary N) is 1. The van der Waals surface area contributed by atoms with Crippen LogP contribution in [0.1, 0.15) is 10.4 Å². The standard InChI is InChI=1S/C14H9IN2O2/c15-10-3-1-2-8(6-10)13-16-11-5-4-9(14(18)19)7-12(11)17-13/h1-7H,(H,16,17)(H,18,19). The lowest BCUT2D eigenvalue weighted by Gasteiger charge is -1.96. The highest BCUT2D eigenvalue weighted by Gasteiger charge is 2.08. The summed E-state index contributed by atoms with van der Waals surface area (Å²) in [6.45, 7) is 0. The first-order valence-corrected chi connectivity index (χ1v) is 6.70. The fourth-order valence-corrected chi connectivity index (χ4v) is 2.46. The lowest BCUT2D eigenvalue weighted by molar-refractivity contribution is 0.0697. The van der Waals surface area contributed by atoms with Crippen LogP contribution >= 0.6 is 22.6 Å². The van der Waals surface area contributed by atoms with Crippen LogP contribution in [0.2, 0.25) is 0 Å². The molecule has 0 atom stereocenters. The molecular weight excluding hydrogens is 355 g/mol. The van der Waals surface area contributed by atoms with E-state index in [2.05, 4.69) is 32.6 Å². The van der Waals surface area contributed by atoms with Crippen molar-refractivity contribution in [1.82, 2.24) is 9.97 Å². The van der Waals surface area contributed by atoms with Gasteiger partial charge in [0, 0.05) is 9.13 Å². The molecule has 0 aliphatic carbocycles. The number of halogens is 1. The number of hydrogen-bond acceptors (Lipinski definition) is 2. The molecule has 5 heteroatoms. The third kappa shape index (κ3) is 2.33. The van der Waals surface area contributed by atoms with Crippen LogP contribution in [-0.4, -0.2) is 21.0 Å². The third-order valence-corrected chi connectivity index (χ3v) is 3.50. The number of rotatable bonds is 2. The van der Waals surface area contributed by atoms with Gasteiger partial charge in [0.25, 0.3) is 0 Å². The predicted octanol–water partition coefficient (Wildman–Crippen LogP) is 3.53. The maximum absolute atomic E-state index is 10.9. The second-order valence-electron chi connectivity index (χ2n) is 4.13. The second kappa shape index (κ2) is 4.65. The van der Waals surface area contributed by atoms with Crippen LogP contribution < -0.4 is 0 Å². The quantitative estimate of drug-likeness (QED) is 0.684. The normalized spacial score (nSPS) is 10.8. The minimum atomic E-state index is -0.938. The molecule has 3 rings (SSSR count). The smallest absolute Gasteiger partial charge is 0.335 e. The number of benzene rings is 2. The van der Waals surface area contributed by atoms with Crippen molar-refractivity contribution in [2.24, 2.45) is 0 Å². The Labute approximate surface area is 122 Å². The number of hydrogen-bond donors (Lipinski definition) is 2. The summed E-state index contributed by atoms with van der Waals surface area (Å²) in [4.78, 5) is 18.6. The maximum Gasteiger partial charge on any atom is 0.335 e. The highest BCUT2D eigenvalue weighted by atomic mass is 127. The summed E-state index contributed by atoms with van der Waals surface area (Å²) in [6, 6.07) is 12.8. The minimum absolute atomic E-state index is 0.255. The first kappa shape index (κ1) is 12.2. The number of nitrogens with zero attached hydrogens (tertiary/aromatic N) is 1. The van der Waals surface area contributed by atoms with E-state index in [0.717, 1.165) is 26.0 Å². The summed E-state index contributed by atoms with van der Waals surface area (Å²) >= 11 is 2.25. The van der Waals surface area contributed by atoms with Gasteiger partial charge in [-0.25, -0.2) is 9.78 Å². The molecule has 1 aromatic heterocycles. The minimum Gasteiger partial charge on any atom is -0.478 e. The van der Waals surface area contributed by atoms with Crippen LogP contribution in [0.4, 0.5) is 0 Å². The number of aromatic carboxylic acids is 1. The van der Waals surface area contributed by atoms with Crippen LogP contribution in [0.5, 0.6) is 0 Å². The number of carbonyl (C=O) groups is 1. The highest BCUT2D eigenvalue weighted by molar-refractivity contribution is 14.1. The first-order chi connectivity index (χ1) is 9.13. The van der Waals surface area contributed by atoms with Crippen molar-refractivity contribution in [3.63, 3.8) is 0 Å². The van der Waals surface area contributed by atoms with E-state index in [1.165, 1.54) is 0 Å². The molecule has 0 aliphatic rings. The first-order valence-electron chi connectivity index (χ1n) is 5.62. The topological polar surface area (TPSA) is 66.0 Å². The Balaban J connectivity index is 2.14. The van der Waals surface area contributed by atoms with E-state index in [9.17, 15) is 4.79 Å². The molecule has 0 saturated carbocycles. The van der Waals surface area contributed by atoms with Gasteiger partial charge in [-0.15, -0.1) is 0 Å². The maximum atomic E-state index is 10.9. The fraction of sp³-hybridized carbons (Fsp3) is 0. The summed E-state index contributed by atoms with van der Waals surface area (Å²) in [7, 11) is 0. The zero-order chi connectivity index (χ0) is 13.4. The monoisotopic (exact) mass is 364 g/mol. The Morgan fingerprint density at radius 1 is 1.21 bits per heavy atom. The Morgan fingerprint density at radius 2 is 2.05 bits per heavy atom. The molecule has 19 heavy (non-hydrogen) atoms. The molecule has 3 aromatic rings. The molecule has 0 fully saturated rings. The molecule has 2 aromatic carbocycles. The summed E-state index contributed by atoms with van der Waals surface area (Å²) in [5, 5.41) is 8.97. The van der Waals surface area contributed by atoms with Crippen LogP contribution in [-0.2, 0) is 0 Å². The molecule has 1 heterocycles. The predicted molar refractivity (Wildman–Crippen MR) is 81.2 cm³/mol. The highest BCUT2D eigenvalue weighted by Crippen LogP contribution is 2.22. The number of fused-ring (bicyclic) bond motifs is 1. The van der Waals surface area contributed by atoms with Gasteiger partial charge in [-0.05, 0) is 52.9 Å². The molecule has 4 nitrogen and oxygen atoms in total. The molecule has 0 bridgehead atoms. The van der Waals surface area contributed by atoms with E-state index in [1.807, 2.05) is 24.3 Å². The van der Waals surface area contributed by atoms with Gasteiger partial charge < -0.3 is 10.1 Å². The lowest BCUT2D eigenvalue weighted by Crippen LogP contribution is -1.94. The Kier molecular flexibility index (Phi) is 2.98. The SMILES string of the molecule is O=C(O)c1ccc2nc(-c3cccc(I)c3)[nH]c2c1. The number of carboxylic acid groups (broad SMARTS) is 1. The number of H-pyrrole nitrogens is 1. The largest absolute Gasteiger partial charge is 0.478 e. The van der Waals surface area contributed by atoms with Crippen LogP contribution in [0.15, 0.2) is 42.5 Å². The summed E-state index contributed by atoms with van der Waals surface area (Å²) < 4.78 is 1.13. The van der Waals surface area contributed by atoms with E-state index in [0.29, 0.717) is 0 Å². The fourth-order valence-electron chi connectivity index (χ4n) is 1.92. The summed E-state index contributed by atoms with van der Waals surface area (Å²) in [5.74, 6) is -0.191. The van der Waals surface area contributed by atoms with E-state index in [-0.39, 0.29) is 5.56 Å². The zero-order valence-corrected chi connectivity index (χ0v) is 11.9. The molecule has 0 unspecified atom stereocenters. The Hall–Kier alpha value is -1.89. The van der Waals surface area contributed by atoms with Crippen molar-refractivity contribution in [2.75, 3.05) is 0 Å². The molecule has 0 amide bonds. The van der Waals surface area contributed by atoms with Crippen LogP contribution in [0.3, 0.4) is 0 Å². The molecule has 94 valence electrons. The van der Waals surface area contributed by atoms with Crippen molar-refractivity contribution in [3.05, 3.63) is 51.6 Å². The van der Waals surface area contributed by atoms with Gasteiger partial charge in [-0.2, -0.15) is 0 Å². The number of carboxylic acids is 1. The van der Waals surface area contributed by atoms with Gasteiger partial charge >= 0.3 is 5.97 Å². The number of imidazole rings is 1. The van der Waals surface area contributed by atoms with Gasteiger partial charge in [0.2, 0.25) is 0 Å². The van der Waals surface area contributed by atoms with Crippen molar-refractivity contribution in [3.8, 4) is 11.4 Å². The van der Waals surface area contributed by atoms with Gasteiger partial charge in [-0.3, -0.25) is 0 Å². The average molecular weight is 364 g/mol. The lowest BCUT2D eigenvalue weighted by atomic mass is 10.2. The zero-order valence-electron chi connectivity index (χ0n) is 9.72. The van der Waals surface area contributed by atoms with Crippen LogP contribution in [0.25, 0.3) is 22.4 Å². The van der Waals surface area contributed by atoms with Gasteiger partial charge in [0.15, 0.2) is 0 Å². The summed E-state index contributed by atoms with van der Waals surface area (Å²) in [6.07, 6.45) is 0. The second-order valence-corrected chi connectivity index (χ2v) is 5.38.